The third kappa shape index (κ3) is 4.88. The molecule has 29 heavy (non-hydrogen) atoms. The number of ether oxygens (including phenoxy) is 1. The average Bonchev–Trinajstić information content (AvgIpc) is 2.65. The van der Waals surface area contributed by atoms with Crippen LogP contribution in [0, 0.1) is 11.3 Å². The molecule has 0 amide bonds. The molecular formula is C24H31F3O2. The number of aliphatic hydroxyl groups is 1. The van der Waals surface area contributed by atoms with Crippen LogP contribution in [0.5, 0.6) is 5.75 Å². The van der Waals surface area contributed by atoms with Gasteiger partial charge in [-0.3, -0.25) is 0 Å². The molecule has 1 aliphatic rings. The van der Waals surface area contributed by atoms with Gasteiger partial charge in [0.25, 0.3) is 0 Å². The van der Waals surface area contributed by atoms with Crippen molar-refractivity contribution in [3.63, 3.8) is 0 Å². The molecule has 0 aromatic heterocycles. The Bertz CT molecular complexity index is 844. The predicted octanol–water partition coefficient (Wildman–Crippen LogP) is 6.94. The van der Waals surface area contributed by atoms with Crippen LogP contribution >= 0.6 is 0 Å². The van der Waals surface area contributed by atoms with E-state index < -0.39 is 11.7 Å². The molecular weight excluding hydrogens is 377 g/mol. The minimum Gasteiger partial charge on any atom is -0.490 e. The van der Waals surface area contributed by atoms with Crippen LogP contribution in [0.1, 0.15) is 70.4 Å². The summed E-state index contributed by atoms with van der Waals surface area (Å²) >= 11 is 0. The van der Waals surface area contributed by atoms with E-state index in [-0.39, 0.29) is 35.2 Å². The summed E-state index contributed by atoms with van der Waals surface area (Å²) < 4.78 is 47.8. The van der Waals surface area contributed by atoms with Gasteiger partial charge in [-0.15, -0.1) is 0 Å². The van der Waals surface area contributed by atoms with E-state index in [4.69, 9.17) is 4.74 Å². The highest BCUT2D eigenvalue weighted by atomic mass is 19.4. The van der Waals surface area contributed by atoms with E-state index in [1.54, 1.807) is 18.2 Å². The molecule has 0 saturated heterocycles. The summed E-state index contributed by atoms with van der Waals surface area (Å²) in [5.74, 6) is 0.378. The van der Waals surface area contributed by atoms with Crippen molar-refractivity contribution in [2.45, 2.75) is 71.6 Å². The molecule has 1 fully saturated rings. The Hall–Kier alpha value is -1.75. The molecule has 0 radical (unpaired) electrons. The molecule has 1 atom stereocenters. The van der Waals surface area contributed by atoms with Gasteiger partial charge >= 0.3 is 6.18 Å². The van der Waals surface area contributed by atoms with Crippen molar-refractivity contribution in [1.82, 2.24) is 0 Å². The molecule has 1 aliphatic carbocycles. The summed E-state index contributed by atoms with van der Waals surface area (Å²) in [4.78, 5) is 0. The Morgan fingerprint density at radius 3 is 2.24 bits per heavy atom. The number of halogens is 3. The molecule has 1 N–H and O–H groups in total. The van der Waals surface area contributed by atoms with Crippen molar-refractivity contribution >= 4 is 10.8 Å². The molecule has 1 saturated carbocycles. The van der Waals surface area contributed by atoms with Gasteiger partial charge in [-0.05, 0) is 59.4 Å². The van der Waals surface area contributed by atoms with Gasteiger partial charge in [0.2, 0.25) is 0 Å². The quantitative estimate of drug-likeness (QED) is 0.594. The summed E-state index contributed by atoms with van der Waals surface area (Å²) in [6.07, 6.45) is -1.16. The highest BCUT2D eigenvalue weighted by Crippen LogP contribution is 2.44. The van der Waals surface area contributed by atoms with E-state index in [2.05, 4.69) is 20.8 Å². The first-order chi connectivity index (χ1) is 13.5. The minimum absolute atomic E-state index is 0.0456. The number of hydrogen-bond acceptors (Lipinski definition) is 2. The Kier molecular flexibility index (Phi) is 6.19. The zero-order chi connectivity index (χ0) is 21.4. The largest absolute Gasteiger partial charge is 0.490 e. The fourth-order valence-corrected chi connectivity index (χ4v) is 4.36. The standard InChI is InChI=1S/C24H31F3O2/c1-15(14-28)16-5-11-20-17(13-16)6-12-21(22(20)24(25,26)27)29-19-9-7-18(8-10-19)23(2,3)4/h5-6,11-13,15,18-19,28H,7-10,14H2,1-4H3. The molecule has 160 valence electrons. The third-order valence-corrected chi connectivity index (χ3v) is 6.32. The van der Waals surface area contributed by atoms with E-state index in [9.17, 15) is 18.3 Å². The van der Waals surface area contributed by atoms with Crippen LogP contribution in [-0.2, 0) is 6.18 Å². The van der Waals surface area contributed by atoms with E-state index >= 15 is 0 Å². The lowest BCUT2D eigenvalue weighted by Crippen LogP contribution is -2.31. The number of fused-ring (bicyclic) bond motifs is 1. The SMILES string of the molecule is CC(CO)c1ccc2c(C(F)(F)F)c(OC3CCC(C(C)(C)C)CC3)ccc2c1. The van der Waals surface area contributed by atoms with Gasteiger partial charge in [-0.1, -0.05) is 52.0 Å². The Morgan fingerprint density at radius 1 is 1.03 bits per heavy atom. The molecule has 2 aromatic carbocycles. The van der Waals surface area contributed by atoms with E-state index in [0.717, 1.165) is 31.2 Å². The smallest absolute Gasteiger partial charge is 0.420 e. The zero-order valence-electron chi connectivity index (χ0n) is 17.6. The fourth-order valence-electron chi connectivity index (χ4n) is 4.36. The number of rotatable bonds is 4. The summed E-state index contributed by atoms with van der Waals surface area (Å²) in [6, 6.07) is 8.03. The zero-order valence-corrected chi connectivity index (χ0v) is 17.6. The van der Waals surface area contributed by atoms with Crippen LogP contribution in [0.2, 0.25) is 0 Å². The molecule has 3 rings (SSSR count). The lowest BCUT2D eigenvalue weighted by molar-refractivity contribution is -0.138. The maximum Gasteiger partial charge on any atom is 0.420 e. The van der Waals surface area contributed by atoms with Crippen molar-refractivity contribution in [3.8, 4) is 5.75 Å². The Morgan fingerprint density at radius 2 is 1.69 bits per heavy atom. The van der Waals surface area contributed by atoms with Gasteiger partial charge in [0.15, 0.2) is 0 Å². The van der Waals surface area contributed by atoms with Crippen LogP contribution < -0.4 is 4.74 Å². The van der Waals surface area contributed by atoms with Crippen LogP contribution in [0.15, 0.2) is 30.3 Å². The van der Waals surface area contributed by atoms with Gasteiger partial charge in [-0.25, -0.2) is 0 Å². The maximum atomic E-state index is 14.0. The number of hydrogen-bond donors (Lipinski definition) is 1. The second-order valence-corrected chi connectivity index (χ2v) is 9.46. The molecule has 2 aromatic rings. The van der Waals surface area contributed by atoms with Crippen molar-refractivity contribution in [2.24, 2.45) is 11.3 Å². The van der Waals surface area contributed by atoms with Gasteiger partial charge in [-0.2, -0.15) is 13.2 Å². The number of benzene rings is 2. The van der Waals surface area contributed by atoms with Crippen LogP contribution in [-0.4, -0.2) is 17.8 Å². The topological polar surface area (TPSA) is 29.5 Å². The first kappa shape index (κ1) is 21.9. The average molecular weight is 409 g/mol. The summed E-state index contributed by atoms with van der Waals surface area (Å²) in [5, 5.41) is 10.00. The number of alkyl halides is 3. The highest BCUT2D eigenvalue weighted by molar-refractivity contribution is 5.89. The van der Waals surface area contributed by atoms with E-state index in [0.29, 0.717) is 11.3 Å². The highest BCUT2D eigenvalue weighted by Gasteiger charge is 2.38. The van der Waals surface area contributed by atoms with Crippen LogP contribution in [0.3, 0.4) is 0 Å². The normalized spacial score (nSPS) is 21.9. The maximum absolute atomic E-state index is 14.0. The molecule has 1 unspecified atom stereocenters. The third-order valence-electron chi connectivity index (χ3n) is 6.32. The van der Waals surface area contributed by atoms with E-state index in [1.807, 2.05) is 6.92 Å². The molecule has 0 aliphatic heterocycles. The monoisotopic (exact) mass is 408 g/mol. The predicted molar refractivity (Wildman–Crippen MR) is 110 cm³/mol. The summed E-state index contributed by atoms with van der Waals surface area (Å²) in [7, 11) is 0. The van der Waals surface area contributed by atoms with Gasteiger partial charge < -0.3 is 9.84 Å². The second kappa shape index (κ2) is 8.17. The molecule has 2 nitrogen and oxygen atoms in total. The van der Waals surface area contributed by atoms with Crippen molar-refractivity contribution in [3.05, 3.63) is 41.5 Å². The van der Waals surface area contributed by atoms with Gasteiger partial charge in [0.05, 0.1) is 6.10 Å². The van der Waals surface area contributed by atoms with Crippen LogP contribution in [0.25, 0.3) is 10.8 Å². The molecule has 5 heteroatoms. The lowest BCUT2D eigenvalue weighted by Gasteiger charge is -2.37. The molecule has 0 heterocycles. The van der Waals surface area contributed by atoms with E-state index in [1.165, 1.54) is 12.1 Å². The van der Waals surface area contributed by atoms with Crippen molar-refractivity contribution in [1.29, 1.82) is 0 Å². The second-order valence-electron chi connectivity index (χ2n) is 9.46. The molecule has 0 spiro atoms. The van der Waals surface area contributed by atoms with Crippen molar-refractivity contribution in [2.75, 3.05) is 6.61 Å². The minimum atomic E-state index is -4.50. The van der Waals surface area contributed by atoms with Gasteiger partial charge in [0.1, 0.15) is 11.3 Å². The molecule has 0 bridgehead atoms. The lowest BCUT2D eigenvalue weighted by atomic mass is 9.72. The summed E-state index contributed by atoms with van der Waals surface area (Å²) in [6.45, 7) is 8.45. The Labute approximate surface area is 171 Å². The van der Waals surface area contributed by atoms with Crippen LogP contribution in [0.4, 0.5) is 13.2 Å². The van der Waals surface area contributed by atoms with Crippen molar-refractivity contribution < 1.29 is 23.0 Å². The number of aliphatic hydroxyl groups excluding tert-OH is 1. The fraction of sp³-hybridized carbons (Fsp3) is 0.583. The first-order valence-electron chi connectivity index (χ1n) is 10.4. The Balaban J connectivity index is 1.90. The summed E-state index contributed by atoms with van der Waals surface area (Å²) in [5.41, 5.74) is 0.340. The first-order valence-corrected chi connectivity index (χ1v) is 10.4. The van der Waals surface area contributed by atoms with Gasteiger partial charge in [0, 0.05) is 12.5 Å².